The Morgan fingerprint density at radius 3 is 2.92 bits per heavy atom. The van der Waals surface area contributed by atoms with Crippen LogP contribution in [0.25, 0.3) is 0 Å². The summed E-state index contributed by atoms with van der Waals surface area (Å²) in [5.41, 5.74) is 0. The van der Waals surface area contributed by atoms with Crippen LogP contribution in [0.5, 0.6) is 0 Å². The molecule has 0 radical (unpaired) electrons. The Kier molecular flexibility index (Phi) is 6.20. The first-order valence-electron chi connectivity index (χ1n) is 8.96. The number of aromatic nitrogens is 2. The number of carbonyl (C=O) groups is 1. The topological polar surface area (TPSA) is 77.7 Å². The molecular formula is C17H27N3O4. The van der Waals surface area contributed by atoms with E-state index in [9.17, 15) is 4.79 Å². The van der Waals surface area contributed by atoms with E-state index in [1.54, 1.807) is 4.90 Å². The Morgan fingerprint density at radius 2 is 2.12 bits per heavy atom. The molecule has 2 heterocycles. The quantitative estimate of drug-likeness (QED) is 0.676. The summed E-state index contributed by atoms with van der Waals surface area (Å²) < 4.78 is 16.1. The first kappa shape index (κ1) is 17.4. The number of nitrogens with zero attached hydrogens (tertiary/aromatic N) is 3. The van der Waals surface area contributed by atoms with Gasteiger partial charge in [0.15, 0.2) is 5.82 Å². The van der Waals surface area contributed by atoms with Gasteiger partial charge in [0.2, 0.25) is 11.8 Å². The van der Waals surface area contributed by atoms with E-state index < -0.39 is 0 Å². The van der Waals surface area contributed by atoms with Crippen molar-refractivity contribution in [3.05, 3.63) is 11.7 Å². The third-order valence-electron chi connectivity index (χ3n) is 4.91. The van der Waals surface area contributed by atoms with Gasteiger partial charge in [0, 0.05) is 26.7 Å². The summed E-state index contributed by atoms with van der Waals surface area (Å²) in [4.78, 5) is 18.3. The van der Waals surface area contributed by atoms with Crippen molar-refractivity contribution in [1.29, 1.82) is 0 Å². The molecule has 7 nitrogen and oxygen atoms in total. The molecule has 3 rings (SSSR count). The minimum Gasteiger partial charge on any atom is -0.381 e. The van der Waals surface area contributed by atoms with Gasteiger partial charge in [-0.3, -0.25) is 4.79 Å². The van der Waals surface area contributed by atoms with Crippen molar-refractivity contribution < 1.29 is 18.8 Å². The summed E-state index contributed by atoms with van der Waals surface area (Å²) in [6.45, 7) is 2.26. The minimum atomic E-state index is -0.117. The van der Waals surface area contributed by atoms with Crippen LogP contribution in [0.4, 0.5) is 0 Å². The van der Waals surface area contributed by atoms with Crippen LogP contribution in [0.1, 0.15) is 56.3 Å². The molecule has 0 spiro atoms. The fourth-order valence-electron chi connectivity index (χ4n) is 3.62. The van der Waals surface area contributed by atoms with Crippen molar-refractivity contribution in [3.63, 3.8) is 0 Å². The zero-order chi connectivity index (χ0) is 16.8. The number of hydrogen-bond donors (Lipinski definition) is 0. The van der Waals surface area contributed by atoms with Gasteiger partial charge in [-0.15, -0.1) is 0 Å². The summed E-state index contributed by atoms with van der Waals surface area (Å²) >= 11 is 0. The second kappa shape index (κ2) is 8.58. The maximum absolute atomic E-state index is 12.1. The van der Waals surface area contributed by atoms with Crippen LogP contribution in [-0.4, -0.2) is 54.4 Å². The van der Waals surface area contributed by atoms with Crippen molar-refractivity contribution >= 4 is 5.91 Å². The zero-order valence-corrected chi connectivity index (χ0v) is 14.4. The maximum Gasteiger partial charge on any atom is 0.249 e. The molecular weight excluding hydrogens is 310 g/mol. The Morgan fingerprint density at radius 1 is 1.29 bits per heavy atom. The molecule has 1 aromatic heterocycles. The first-order valence-corrected chi connectivity index (χ1v) is 8.96. The second-order valence-electron chi connectivity index (χ2n) is 6.70. The second-order valence-corrected chi connectivity index (χ2v) is 6.70. The van der Waals surface area contributed by atoms with Gasteiger partial charge in [-0.1, -0.05) is 18.0 Å². The van der Waals surface area contributed by atoms with Gasteiger partial charge in [-0.05, 0) is 31.6 Å². The van der Waals surface area contributed by atoms with Crippen LogP contribution in [0, 0.1) is 5.92 Å². The predicted molar refractivity (Wildman–Crippen MR) is 86.3 cm³/mol. The average Bonchev–Trinajstić information content (AvgIpc) is 3.31. The highest BCUT2D eigenvalue weighted by Crippen LogP contribution is 2.31. The van der Waals surface area contributed by atoms with Gasteiger partial charge in [-0.2, -0.15) is 4.98 Å². The van der Waals surface area contributed by atoms with Crippen LogP contribution in [0.3, 0.4) is 0 Å². The average molecular weight is 337 g/mol. The lowest BCUT2D eigenvalue weighted by molar-refractivity contribution is -0.136. The van der Waals surface area contributed by atoms with Crippen LogP contribution < -0.4 is 0 Å². The van der Waals surface area contributed by atoms with Crippen molar-refractivity contribution in [1.82, 2.24) is 15.0 Å². The standard InChI is InChI=1S/C17H27N3O4/c1-22-12-16(21)20-9-4-7-14(20)17-18-15(19-24-17)8-10-23-11-13-5-2-3-6-13/h13-14H,2-12H2,1H3. The summed E-state index contributed by atoms with van der Waals surface area (Å²) in [5, 5.41) is 4.03. The normalized spacial score (nSPS) is 21.7. The van der Waals surface area contributed by atoms with Gasteiger partial charge in [0.1, 0.15) is 12.6 Å². The number of amides is 1. The third-order valence-corrected chi connectivity index (χ3v) is 4.91. The molecule has 7 heteroatoms. The van der Waals surface area contributed by atoms with E-state index >= 15 is 0 Å². The molecule has 1 amide bonds. The number of likely N-dealkylation sites (tertiary alicyclic amines) is 1. The molecule has 1 atom stereocenters. The molecule has 1 aromatic rings. The van der Waals surface area contributed by atoms with E-state index in [0.717, 1.165) is 31.9 Å². The zero-order valence-electron chi connectivity index (χ0n) is 14.4. The molecule has 0 aromatic carbocycles. The molecule has 1 aliphatic heterocycles. The Balaban J connectivity index is 1.46. The molecule has 2 fully saturated rings. The number of carbonyl (C=O) groups excluding carboxylic acids is 1. The largest absolute Gasteiger partial charge is 0.381 e. The van der Waals surface area contributed by atoms with E-state index in [2.05, 4.69) is 10.1 Å². The summed E-state index contributed by atoms with van der Waals surface area (Å²) in [6, 6.07) is -0.117. The van der Waals surface area contributed by atoms with Crippen molar-refractivity contribution in [2.45, 2.75) is 51.0 Å². The number of hydrogen-bond acceptors (Lipinski definition) is 6. The van der Waals surface area contributed by atoms with Gasteiger partial charge >= 0.3 is 0 Å². The van der Waals surface area contributed by atoms with E-state index in [-0.39, 0.29) is 18.6 Å². The Labute approximate surface area is 142 Å². The van der Waals surface area contributed by atoms with Crippen LogP contribution >= 0.6 is 0 Å². The SMILES string of the molecule is COCC(=O)N1CCCC1c1nc(CCOCC2CCCC2)no1. The lowest BCUT2D eigenvalue weighted by Gasteiger charge is -2.21. The highest BCUT2D eigenvalue weighted by molar-refractivity contribution is 5.78. The smallest absolute Gasteiger partial charge is 0.249 e. The van der Waals surface area contributed by atoms with Gasteiger partial charge < -0.3 is 18.9 Å². The number of rotatable bonds is 8. The highest BCUT2D eigenvalue weighted by atomic mass is 16.5. The molecule has 1 aliphatic carbocycles. The third kappa shape index (κ3) is 4.33. The monoisotopic (exact) mass is 337 g/mol. The molecule has 1 saturated heterocycles. The Hall–Kier alpha value is -1.47. The van der Waals surface area contributed by atoms with E-state index in [4.69, 9.17) is 14.0 Å². The van der Waals surface area contributed by atoms with E-state index in [0.29, 0.717) is 24.7 Å². The van der Waals surface area contributed by atoms with Crippen LogP contribution in [0.15, 0.2) is 4.52 Å². The highest BCUT2D eigenvalue weighted by Gasteiger charge is 2.33. The molecule has 2 aliphatic rings. The van der Waals surface area contributed by atoms with E-state index in [1.165, 1.54) is 32.8 Å². The van der Waals surface area contributed by atoms with Crippen LogP contribution in [0.2, 0.25) is 0 Å². The van der Waals surface area contributed by atoms with E-state index in [1.807, 2.05) is 0 Å². The first-order chi connectivity index (χ1) is 11.8. The van der Waals surface area contributed by atoms with Gasteiger partial charge in [0.05, 0.1) is 6.61 Å². The molecule has 134 valence electrons. The lowest BCUT2D eigenvalue weighted by atomic mass is 10.1. The lowest BCUT2D eigenvalue weighted by Crippen LogP contribution is -2.33. The molecule has 1 saturated carbocycles. The van der Waals surface area contributed by atoms with Crippen molar-refractivity contribution in [2.24, 2.45) is 5.92 Å². The fourth-order valence-corrected chi connectivity index (χ4v) is 3.62. The van der Waals surface area contributed by atoms with Gasteiger partial charge in [0.25, 0.3) is 0 Å². The summed E-state index contributed by atoms with van der Waals surface area (Å²) in [5.74, 6) is 1.88. The molecule has 0 N–H and O–H groups in total. The molecule has 1 unspecified atom stereocenters. The van der Waals surface area contributed by atoms with Crippen molar-refractivity contribution in [2.75, 3.05) is 33.5 Å². The summed E-state index contributed by atoms with van der Waals surface area (Å²) in [7, 11) is 1.53. The van der Waals surface area contributed by atoms with Crippen LogP contribution in [-0.2, 0) is 20.7 Å². The number of methoxy groups -OCH3 is 1. The Bertz CT molecular complexity index is 528. The minimum absolute atomic E-state index is 0.0281. The molecule has 24 heavy (non-hydrogen) atoms. The molecule has 0 bridgehead atoms. The summed E-state index contributed by atoms with van der Waals surface area (Å²) in [6.07, 6.45) is 7.70. The van der Waals surface area contributed by atoms with Gasteiger partial charge in [-0.25, -0.2) is 0 Å². The fraction of sp³-hybridized carbons (Fsp3) is 0.824. The number of ether oxygens (including phenoxy) is 2. The van der Waals surface area contributed by atoms with Crippen molar-refractivity contribution in [3.8, 4) is 0 Å². The maximum atomic E-state index is 12.1. The predicted octanol–water partition coefficient (Wildman–Crippen LogP) is 2.13.